The van der Waals surface area contributed by atoms with Gasteiger partial charge in [0.25, 0.3) is 0 Å². The van der Waals surface area contributed by atoms with Gasteiger partial charge in [-0.25, -0.2) is 0 Å². The Bertz CT molecular complexity index is 572. The second-order valence-corrected chi connectivity index (χ2v) is 7.27. The average Bonchev–Trinajstić information content (AvgIpc) is 2.91. The number of benzene rings is 1. The SMILES string of the molecule is Cc1ccc(NC(=O)CN(C)C(=O)[C@]2(C)CC2(Cl)Cl)cc1. The van der Waals surface area contributed by atoms with E-state index in [-0.39, 0.29) is 18.4 Å². The average molecular weight is 329 g/mol. The van der Waals surface area contributed by atoms with Crippen LogP contribution in [0.15, 0.2) is 24.3 Å². The zero-order valence-electron chi connectivity index (χ0n) is 12.2. The maximum Gasteiger partial charge on any atom is 0.243 e. The number of amides is 2. The van der Waals surface area contributed by atoms with Crippen LogP contribution in [0, 0.1) is 12.3 Å². The Balaban J connectivity index is 1.91. The van der Waals surface area contributed by atoms with E-state index in [2.05, 4.69) is 5.32 Å². The fourth-order valence-electron chi connectivity index (χ4n) is 2.18. The quantitative estimate of drug-likeness (QED) is 0.864. The van der Waals surface area contributed by atoms with Gasteiger partial charge in [0.15, 0.2) is 0 Å². The number of hydrogen-bond acceptors (Lipinski definition) is 2. The smallest absolute Gasteiger partial charge is 0.243 e. The van der Waals surface area contributed by atoms with Crippen molar-refractivity contribution >= 4 is 40.7 Å². The second-order valence-electron chi connectivity index (χ2n) is 5.79. The molecule has 1 aromatic carbocycles. The van der Waals surface area contributed by atoms with Gasteiger partial charge >= 0.3 is 0 Å². The van der Waals surface area contributed by atoms with Crippen molar-refractivity contribution in [3.05, 3.63) is 29.8 Å². The molecule has 114 valence electrons. The van der Waals surface area contributed by atoms with E-state index in [4.69, 9.17) is 23.2 Å². The van der Waals surface area contributed by atoms with E-state index in [9.17, 15) is 9.59 Å². The first-order chi connectivity index (χ1) is 9.65. The summed E-state index contributed by atoms with van der Waals surface area (Å²) in [5.41, 5.74) is 1.02. The summed E-state index contributed by atoms with van der Waals surface area (Å²) >= 11 is 12.0. The molecule has 1 aromatic rings. The number of carbonyl (C=O) groups is 2. The molecule has 0 aromatic heterocycles. The number of nitrogens with zero attached hydrogens (tertiary/aromatic N) is 1. The summed E-state index contributed by atoms with van der Waals surface area (Å²) in [4.78, 5) is 25.6. The minimum atomic E-state index is -1.02. The number of rotatable bonds is 4. The molecule has 0 spiro atoms. The van der Waals surface area contributed by atoms with Crippen LogP contribution >= 0.6 is 23.2 Å². The van der Waals surface area contributed by atoms with Crippen LogP contribution in [0.5, 0.6) is 0 Å². The highest BCUT2D eigenvalue weighted by Gasteiger charge is 2.68. The molecule has 2 rings (SSSR count). The Hall–Kier alpha value is -1.26. The number of anilines is 1. The third kappa shape index (κ3) is 3.33. The number of hydrogen-bond donors (Lipinski definition) is 1. The Labute approximate surface area is 134 Å². The van der Waals surface area contributed by atoms with Crippen LogP contribution < -0.4 is 5.32 Å². The van der Waals surface area contributed by atoms with Crippen LogP contribution in [0.4, 0.5) is 5.69 Å². The standard InChI is InChI=1S/C15H18Cl2N2O2/c1-10-4-6-11(7-5-10)18-12(20)8-19(3)13(21)14(2)9-15(14,16)17/h4-7H,8-9H2,1-3H3,(H,18,20)/t14-/m0/s1. The molecule has 0 radical (unpaired) electrons. The summed E-state index contributed by atoms with van der Waals surface area (Å²) < 4.78 is -1.02. The maximum absolute atomic E-state index is 12.3. The molecule has 1 fully saturated rings. The van der Waals surface area contributed by atoms with Crippen molar-refractivity contribution in [1.82, 2.24) is 4.90 Å². The molecule has 1 saturated carbocycles. The van der Waals surface area contributed by atoms with Gasteiger partial charge in [0.1, 0.15) is 4.33 Å². The molecule has 2 amide bonds. The van der Waals surface area contributed by atoms with E-state index in [0.29, 0.717) is 12.1 Å². The van der Waals surface area contributed by atoms with Gasteiger partial charge in [0.2, 0.25) is 11.8 Å². The van der Waals surface area contributed by atoms with Gasteiger partial charge in [-0.2, -0.15) is 0 Å². The molecule has 1 atom stereocenters. The van der Waals surface area contributed by atoms with Gasteiger partial charge < -0.3 is 10.2 Å². The van der Waals surface area contributed by atoms with Crippen LogP contribution in [0.2, 0.25) is 0 Å². The molecule has 0 unspecified atom stereocenters. The number of aryl methyl sites for hydroxylation is 1. The van der Waals surface area contributed by atoms with Crippen molar-refractivity contribution in [3.63, 3.8) is 0 Å². The number of alkyl halides is 2. The van der Waals surface area contributed by atoms with Crippen LogP contribution in [0.3, 0.4) is 0 Å². The van der Waals surface area contributed by atoms with Gasteiger partial charge in [-0.1, -0.05) is 17.7 Å². The van der Waals surface area contributed by atoms with Crippen LogP contribution in [0.25, 0.3) is 0 Å². The van der Waals surface area contributed by atoms with Gasteiger partial charge in [0.05, 0.1) is 12.0 Å². The van der Waals surface area contributed by atoms with Crippen molar-refractivity contribution in [1.29, 1.82) is 0 Å². The predicted octanol–water partition coefficient (Wildman–Crippen LogP) is 2.98. The van der Waals surface area contributed by atoms with Crippen molar-refractivity contribution in [2.24, 2.45) is 5.41 Å². The molecule has 0 heterocycles. The Morgan fingerprint density at radius 2 is 1.81 bits per heavy atom. The normalized spacial score (nSPS) is 22.5. The first kappa shape index (κ1) is 16.1. The monoisotopic (exact) mass is 328 g/mol. The largest absolute Gasteiger partial charge is 0.336 e. The van der Waals surface area contributed by atoms with Crippen molar-refractivity contribution < 1.29 is 9.59 Å². The highest BCUT2D eigenvalue weighted by molar-refractivity contribution is 6.53. The van der Waals surface area contributed by atoms with E-state index in [1.54, 1.807) is 14.0 Å². The molecule has 0 bridgehead atoms. The highest BCUT2D eigenvalue weighted by Crippen LogP contribution is 2.64. The van der Waals surface area contributed by atoms with Crippen LogP contribution in [0.1, 0.15) is 18.9 Å². The molecule has 6 heteroatoms. The van der Waals surface area contributed by atoms with E-state index in [1.165, 1.54) is 4.90 Å². The van der Waals surface area contributed by atoms with E-state index >= 15 is 0 Å². The van der Waals surface area contributed by atoms with Gasteiger partial charge in [0, 0.05) is 12.7 Å². The lowest BCUT2D eigenvalue weighted by Crippen LogP contribution is -2.40. The lowest BCUT2D eigenvalue weighted by atomic mass is 10.1. The number of halogens is 2. The summed E-state index contributed by atoms with van der Waals surface area (Å²) in [5.74, 6) is -0.472. The summed E-state index contributed by atoms with van der Waals surface area (Å²) in [6, 6.07) is 7.45. The number of likely N-dealkylation sites (N-methyl/N-ethyl adjacent to an activating group) is 1. The Kier molecular flexibility index (Phi) is 4.22. The van der Waals surface area contributed by atoms with Crippen molar-refractivity contribution in [3.8, 4) is 0 Å². The molecule has 0 aliphatic heterocycles. The van der Waals surface area contributed by atoms with Crippen molar-refractivity contribution in [2.45, 2.75) is 24.6 Å². The van der Waals surface area contributed by atoms with Crippen LogP contribution in [-0.2, 0) is 9.59 Å². The highest BCUT2D eigenvalue weighted by atomic mass is 35.5. The van der Waals surface area contributed by atoms with E-state index in [0.717, 1.165) is 5.56 Å². The van der Waals surface area contributed by atoms with E-state index < -0.39 is 9.75 Å². The lowest BCUT2D eigenvalue weighted by molar-refractivity contribution is -0.137. The number of nitrogens with one attached hydrogen (secondary N) is 1. The minimum Gasteiger partial charge on any atom is -0.336 e. The summed E-state index contributed by atoms with van der Waals surface area (Å²) in [6.07, 6.45) is 0.409. The lowest BCUT2D eigenvalue weighted by Gasteiger charge is -2.21. The zero-order valence-corrected chi connectivity index (χ0v) is 13.8. The summed E-state index contributed by atoms with van der Waals surface area (Å²) in [7, 11) is 1.57. The fraction of sp³-hybridized carbons (Fsp3) is 0.467. The third-order valence-electron chi connectivity index (χ3n) is 3.79. The Morgan fingerprint density at radius 1 is 1.29 bits per heavy atom. The molecule has 1 N–H and O–H groups in total. The zero-order chi connectivity index (χ0) is 15.8. The van der Waals surface area contributed by atoms with Gasteiger partial charge in [-0.15, -0.1) is 23.2 Å². The van der Waals surface area contributed by atoms with Gasteiger partial charge in [-0.05, 0) is 32.4 Å². The number of carbonyl (C=O) groups excluding carboxylic acids is 2. The first-order valence-electron chi connectivity index (χ1n) is 6.66. The minimum absolute atomic E-state index is 0.0356. The maximum atomic E-state index is 12.3. The molecule has 4 nitrogen and oxygen atoms in total. The molecule has 21 heavy (non-hydrogen) atoms. The predicted molar refractivity (Wildman–Crippen MR) is 84.6 cm³/mol. The van der Waals surface area contributed by atoms with E-state index in [1.807, 2.05) is 31.2 Å². The Morgan fingerprint density at radius 3 is 2.29 bits per heavy atom. The molecular weight excluding hydrogens is 311 g/mol. The molecule has 1 aliphatic rings. The summed E-state index contributed by atoms with van der Waals surface area (Å²) in [6.45, 7) is 3.65. The molecular formula is C15H18Cl2N2O2. The third-order valence-corrected chi connectivity index (χ3v) is 4.89. The fourth-order valence-corrected chi connectivity index (χ4v) is 2.87. The molecule has 1 aliphatic carbocycles. The molecule has 0 saturated heterocycles. The summed E-state index contributed by atoms with van der Waals surface area (Å²) in [5, 5.41) is 2.75. The topological polar surface area (TPSA) is 49.4 Å². The second kappa shape index (κ2) is 5.50. The van der Waals surface area contributed by atoms with Crippen LogP contribution in [-0.4, -0.2) is 34.6 Å². The first-order valence-corrected chi connectivity index (χ1v) is 7.41. The van der Waals surface area contributed by atoms with Crippen molar-refractivity contribution in [2.75, 3.05) is 18.9 Å². The van der Waals surface area contributed by atoms with Gasteiger partial charge in [-0.3, -0.25) is 9.59 Å².